The van der Waals surface area contributed by atoms with E-state index in [-0.39, 0.29) is 0 Å². The van der Waals surface area contributed by atoms with Crippen LogP contribution in [0.5, 0.6) is 0 Å². The molecular weight excluding hydrogens is 284 g/mol. The summed E-state index contributed by atoms with van der Waals surface area (Å²) in [6.45, 7) is 8.50. The molecule has 21 heavy (non-hydrogen) atoms. The topological polar surface area (TPSA) is 49.4 Å². The first kappa shape index (κ1) is 16.2. The molecule has 0 radical (unpaired) electrons. The molecule has 1 aromatic rings. The Morgan fingerprint density at radius 1 is 1.43 bits per heavy atom. The van der Waals surface area contributed by atoms with E-state index in [9.17, 15) is 8.42 Å². The minimum absolute atomic E-state index is 0.340. The smallest absolute Gasteiger partial charge is 0.243 e. The third kappa shape index (κ3) is 4.15. The van der Waals surface area contributed by atoms with Gasteiger partial charge < -0.3 is 5.32 Å². The Morgan fingerprint density at radius 2 is 2.10 bits per heavy atom. The maximum atomic E-state index is 12.7. The Morgan fingerprint density at radius 3 is 2.67 bits per heavy atom. The summed E-state index contributed by atoms with van der Waals surface area (Å²) >= 11 is 0. The summed E-state index contributed by atoms with van der Waals surface area (Å²) in [6.07, 6.45) is 2.44. The van der Waals surface area contributed by atoms with E-state index in [4.69, 9.17) is 0 Å². The standard InChI is InChI=1S/C16H24N2O2S/c1-12(2)11-18(4)21(19,20)16-9-14(6-5-13(16)3)10-17-15-7-8-15/h5-6,9,15,17H,1,7-8,10-11H2,2-4H3. The molecule has 1 saturated carbocycles. The van der Waals surface area contributed by atoms with E-state index in [1.54, 1.807) is 13.1 Å². The molecule has 1 aliphatic carbocycles. The predicted octanol–water partition coefficient (Wildman–Crippen LogP) is 2.44. The van der Waals surface area contributed by atoms with Crippen LogP contribution in [0.25, 0.3) is 0 Å². The Kier molecular flexibility index (Phi) is 4.86. The van der Waals surface area contributed by atoms with E-state index < -0.39 is 10.0 Å². The molecule has 0 saturated heterocycles. The summed E-state index contributed by atoms with van der Waals surface area (Å²) in [4.78, 5) is 0.390. The van der Waals surface area contributed by atoms with Gasteiger partial charge in [-0.1, -0.05) is 24.3 Å². The maximum absolute atomic E-state index is 12.7. The van der Waals surface area contributed by atoms with E-state index >= 15 is 0 Å². The molecule has 0 aliphatic heterocycles. The molecule has 0 heterocycles. The Labute approximate surface area is 127 Å². The van der Waals surface area contributed by atoms with Crippen molar-refractivity contribution in [2.24, 2.45) is 0 Å². The summed E-state index contributed by atoms with van der Waals surface area (Å²) in [6, 6.07) is 6.26. The van der Waals surface area contributed by atoms with Crippen LogP contribution in [0.4, 0.5) is 0 Å². The molecule has 5 heteroatoms. The zero-order chi connectivity index (χ0) is 15.6. The molecule has 1 aliphatic rings. The van der Waals surface area contributed by atoms with Gasteiger partial charge in [-0.15, -0.1) is 0 Å². The highest BCUT2D eigenvalue weighted by molar-refractivity contribution is 7.89. The number of hydrogen-bond acceptors (Lipinski definition) is 3. The van der Waals surface area contributed by atoms with E-state index in [0.29, 0.717) is 17.5 Å². The SMILES string of the molecule is C=C(C)CN(C)S(=O)(=O)c1cc(CNC2CC2)ccc1C. The highest BCUT2D eigenvalue weighted by Gasteiger charge is 2.24. The number of rotatable bonds is 7. The lowest BCUT2D eigenvalue weighted by molar-refractivity contribution is 0.492. The number of hydrogen-bond donors (Lipinski definition) is 1. The average molecular weight is 308 g/mol. The van der Waals surface area contributed by atoms with Crippen molar-refractivity contribution in [1.29, 1.82) is 0 Å². The fourth-order valence-corrected chi connectivity index (χ4v) is 3.72. The third-order valence-corrected chi connectivity index (χ3v) is 5.55. The molecule has 0 spiro atoms. The number of nitrogens with zero attached hydrogens (tertiary/aromatic N) is 1. The van der Waals surface area contributed by atoms with Gasteiger partial charge in [0.15, 0.2) is 0 Å². The lowest BCUT2D eigenvalue weighted by Gasteiger charge is -2.19. The maximum Gasteiger partial charge on any atom is 0.243 e. The summed E-state index contributed by atoms with van der Waals surface area (Å²) in [5.74, 6) is 0. The molecule has 0 unspecified atom stereocenters. The van der Waals surface area contributed by atoms with Crippen LogP contribution in [0, 0.1) is 6.92 Å². The molecule has 0 bridgehead atoms. The van der Waals surface area contributed by atoms with Gasteiger partial charge in [0, 0.05) is 26.2 Å². The van der Waals surface area contributed by atoms with Gasteiger partial charge in [-0.3, -0.25) is 0 Å². The van der Waals surface area contributed by atoms with Crippen molar-refractivity contribution >= 4 is 10.0 Å². The van der Waals surface area contributed by atoms with Crippen LogP contribution < -0.4 is 5.32 Å². The van der Waals surface area contributed by atoms with Gasteiger partial charge in [-0.05, 0) is 43.9 Å². The molecule has 0 aromatic heterocycles. The molecular formula is C16H24N2O2S. The van der Waals surface area contributed by atoms with E-state index in [0.717, 1.165) is 23.2 Å². The average Bonchev–Trinajstić information content (AvgIpc) is 3.20. The Bertz CT molecular complexity index is 634. The predicted molar refractivity (Wildman–Crippen MR) is 85.7 cm³/mol. The van der Waals surface area contributed by atoms with Crippen LogP contribution >= 0.6 is 0 Å². The number of sulfonamides is 1. The number of aryl methyl sites for hydroxylation is 1. The molecule has 4 nitrogen and oxygen atoms in total. The van der Waals surface area contributed by atoms with Crippen LogP contribution in [-0.2, 0) is 16.6 Å². The summed E-state index contributed by atoms with van der Waals surface area (Å²) in [5.41, 5.74) is 2.61. The first-order valence-corrected chi connectivity index (χ1v) is 8.68. The van der Waals surface area contributed by atoms with Crippen molar-refractivity contribution in [2.45, 2.75) is 44.2 Å². The fourth-order valence-electron chi connectivity index (χ4n) is 2.21. The zero-order valence-corrected chi connectivity index (χ0v) is 13.8. The van der Waals surface area contributed by atoms with Crippen molar-refractivity contribution in [1.82, 2.24) is 9.62 Å². The highest BCUT2D eigenvalue weighted by Crippen LogP contribution is 2.23. The molecule has 1 aromatic carbocycles. The molecule has 2 rings (SSSR count). The molecule has 1 N–H and O–H groups in total. The first-order chi connectivity index (χ1) is 9.80. The normalized spacial score (nSPS) is 15.4. The first-order valence-electron chi connectivity index (χ1n) is 7.24. The largest absolute Gasteiger partial charge is 0.310 e. The molecule has 0 atom stereocenters. The fraction of sp³-hybridized carbons (Fsp3) is 0.500. The van der Waals surface area contributed by atoms with Gasteiger partial charge in [0.2, 0.25) is 10.0 Å². The second-order valence-electron chi connectivity index (χ2n) is 5.97. The van der Waals surface area contributed by atoms with Crippen molar-refractivity contribution in [2.75, 3.05) is 13.6 Å². The van der Waals surface area contributed by atoms with Crippen LogP contribution in [0.3, 0.4) is 0 Å². The molecule has 116 valence electrons. The highest BCUT2D eigenvalue weighted by atomic mass is 32.2. The van der Waals surface area contributed by atoms with Crippen molar-refractivity contribution in [3.05, 3.63) is 41.5 Å². The van der Waals surface area contributed by atoms with E-state index in [2.05, 4.69) is 11.9 Å². The summed E-state index contributed by atoms with van der Waals surface area (Å²) in [7, 11) is -1.87. The van der Waals surface area contributed by atoms with Crippen molar-refractivity contribution < 1.29 is 8.42 Å². The van der Waals surface area contributed by atoms with E-state index in [1.807, 2.05) is 26.0 Å². The minimum atomic E-state index is -3.47. The second-order valence-corrected chi connectivity index (χ2v) is 7.99. The lowest BCUT2D eigenvalue weighted by atomic mass is 10.1. The molecule has 0 amide bonds. The van der Waals surface area contributed by atoms with Crippen molar-refractivity contribution in [3.63, 3.8) is 0 Å². The minimum Gasteiger partial charge on any atom is -0.310 e. The number of nitrogens with one attached hydrogen (secondary N) is 1. The van der Waals surface area contributed by atoms with Gasteiger partial charge in [0.25, 0.3) is 0 Å². The quantitative estimate of drug-likeness (QED) is 0.787. The van der Waals surface area contributed by atoms with Gasteiger partial charge in [-0.25, -0.2) is 8.42 Å². The zero-order valence-electron chi connectivity index (χ0n) is 13.0. The monoisotopic (exact) mass is 308 g/mol. The van der Waals surface area contributed by atoms with Crippen LogP contribution in [-0.4, -0.2) is 32.4 Å². The van der Waals surface area contributed by atoms with Gasteiger partial charge in [-0.2, -0.15) is 4.31 Å². The van der Waals surface area contributed by atoms with Crippen molar-refractivity contribution in [3.8, 4) is 0 Å². The van der Waals surface area contributed by atoms with Gasteiger partial charge in [0.1, 0.15) is 0 Å². The molecule has 1 fully saturated rings. The lowest BCUT2D eigenvalue weighted by Crippen LogP contribution is -2.29. The Hall–Kier alpha value is -1.17. The van der Waals surface area contributed by atoms with Gasteiger partial charge >= 0.3 is 0 Å². The van der Waals surface area contributed by atoms with Gasteiger partial charge in [0.05, 0.1) is 4.90 Å². The second kappa shape index (κ2) is 6.30. The van der Waals surface area contributed by atoms with E-state index in [1.165, 1.54) is 17.1 Å². The van der Waals surface area contributed by atoms with Crippen LogP contribution in [0.15, 0.2) is 35.2 Å². The number of likely N-dealkylation sites (N-methyl/N-ethyl adjacent to an activating group) is 1. The summed E-state index contributed by atoms with van der Waals surface area (Å²) in [5, 5.41) is 3.41. The third-order valence-electron chi connectivity index (χ3n) is 3.61. The summed E-state index contributed by atoms with van der Waals surface area (Å²) < 4.78 is 26.7. The Balaban J connectivity index is 2.23. The number of benzene rings is 1. The van der Waals surface area contributed by atoms with Crippen LogP contribution in [0.1, 0.15) is 30.9 Å². The van der Waals surface area contributed by atoms with Crippen LogP contribution in [0.2, 0.25) is 0 Å².